The summed E-state index contributed by atoms with van der Waals surface area (Å²) in [5.41, 5.74) is 0.00520. The second kappa shape index (κ2) is 8.67. The maximum absolute atomic E-state index is 13.7. The zero-order valence-electron chi connectivity index (χ0n) is 16.5. The molecular weight excluding hydrogens is 417 g/mol. The molecule has 1 saturated heterocycles. The molecule has 1 unspecified atom stereocenters. The van der Waals surface area contributed by atoms with Crippen molar-refractivity contribution in [1.82, 2.24) is 14.5 Å². The Labute approximate surface area is 179 Å². The summed E-state index contributed by atoms with van der Waals surface area (Å²) in [6, 6.07) is 4.03. The molecule has 1 amide bonds. The molecule has 2 heterocycles. The van der Waals surface area contributed by atoms with Crippen LogP contribution in [0.1, 0.15) is 45.3 Å². The van der Waals surface area contributed by atoms with E-state index in [-0.39, 0.29) is 16.2 Å². The summed E-state index contributed by atoms with van der Waals surface area (Å²) in [7, 11) is 0. The first-order valence-electron chi connectivity index (χ1n) is 9.29. The van der Waals surface area contributed by atoms with Gasteiger partial charge in [-0.1, -0.05) is 17.7 Å². The molecule has 1 aromatic carbocycles. The smallest absolute Gasteiger partial charge is 0.410 e. The molecule has 29 heavy (non-hydrogen) atoms. The number of benzene rings is 1. The molecule has 0 aliphatic carbocycles. The van der Waals surface area contributed by atoms with Crippen molar-refractivity contribution in [2.45, 2.75) is 51.4 Å². The van der Waals surface area contributed by atoms with E-state index in [0.717, 1.165) is 6.42 Å². The molecule has 0 bridgehead atoms. The number of halogens is 2. The van der Waals surface area contributed by atoms with Crippen LogP contribution in [0.25, 0.3) is 0 Å². The number of thiocarbonyl (C=S) groups is 1. The van der Waals surface area contributed by atoms with Crippen molar-refractivity contribution in [1.29, 1.82) is 0 Å². The third-order valence-electron chi connectivity index (χ3n) is 4.49. The molecular formula is C20H23ClFN3O3S. The fraction of sp³-hybridized carbons (Fsp3) is 0.450. The standard InChI is InChI=1S/C20H23ClFN3O3S/c1-20(2,3)28-18(26)25-9-4-5-16(25)17(13-6-7-15(22)14(21)11-13)27-19(29)24-10-8-23-12-24/h6-8,10-12,16-17H,4-5,9H2,1-3H3/t16-,17?/m0/s1. The van der Waals surface area contributed by atoms with Crippen molar-refractivity contribution in [3.05, 3.63) is 53.3 Å². The van der Waals surface area contributed by atoms with Crippen LogP contribution in [0, 0.1) is 5.82 Å². The topological polar surface area (TPSA) is 56.6 Å². The van der Waals surface area contributed by atoms with Crippen LogP contribution in [-0.2, 0) is 9.47 Å². The molecule has 1 aliphatic heterocycles. The van der Waals surface area contributed by atoms with Gasteiger partial charge in [-0.15, -0.1) is 0 Å². The fourth-order valence-corrected chi connectivity index (χ4v) is 3.65. The lowest BCUT2D eigenvalue weighted by atomic mass is 10.00. The van der Waals surface area contributed by atoms with E-state index in [1.54, 1.807) is 27.9 Å². The summed E-state index contributed by atoms with van der Waals surface area (Å²) in [5, 5.41) is 0.149. The van der Waals surface area contributed by atoms with E-state index in [0.29, 0.717) is 18.5 Å². The number of hydrogen-bond donors (Lipinski definition) is 0. The Hall–Kier alpha value is -2.19. The molecule has 1 fully saturated rings. The Bertz CT molecular complexity index is 886. The van der Waals surface area contributed by atoms with E-state index in [2.05, 4.69) is 4.98 Å². The van der Waals surface area contributed by atoms with Gasteiger partial charge in [0.15, 0.2) is 0 Å². The van der Waals surface area contributed by atoms with Crippen molar-refractivity contribution in [3.63, 3.8) is 0 Å². The predicted molar refractivity (Wildman–Crippen MR) is 111 cm³/mol. The van der Waals surface area contributed by atoms with E-state index < -0.39 is 23.6 Å². The first kappa shape index (κ1) is 21.5. The highest BCUT2D eigenvalue weighted by Gasteiger charge is 2.39. The zero-order chi connectivity index (χ0) is 21.2. The fourth-order valence-electron chi connectivity index (χ4n) is 3.25. The number of amides is 1. The number of rotatable bonds is 3. The Balaban J connectivity index is 1.91. The molecule has 0 saturated carbocycles. The largest absolute Gasteiger partial charge is 0.460 e. The van der Waals surface area contributed by atoms with Gasteiger partial charge in [-0.2, -0.15) is 0 Å². The number of nitrogens with zero attached hydrogens (tertiary/aromatic N) is 3. The normalized spacial score (nSPS) is 17.8. The van der Waals surface area contributed by atoms with Crippen LogP contribution in [-0.4, -0.2) is 43.9 Å². The molecule has 156 valence electrons. The van der Waals surface area contributed by atoms with Gasteiger partial charge in [0.05, 0.1) is 11.1 Å². The minimum absolute atomic E-state index is 0.0218. The molecule has 9 heteroatoms. The van der Waals surface area contributed by atoms with E-state index in [1.807, 2.05) is 20.8 Å². The maximum atomic E-state index is 13.7. The van der Waals surface area contributed by atoms with Gasteiger partial charge in [-0.05, 0) is 63.5 Å². The molecule has 1 aromatic heterocycles. The SMILES string of the molecule is CC(C)(C)OC(=O)N1CCC[C@H]1C(OC(=S)n1ccnc1)c1ccc(F)c(Cl)c1. The first-order chi connectivity index (χ1) is 13.7. The van der Waals surface area contributed by atoms with Gasteiger partial charge in [0.25, 0.3) is 5.17 Å². The van der Waals surface area contributed by atoms with Gasteiger partial charge in [0.2, 0.25) is 0 Å². The third-order valence-corrected chi connectivity index (χ3v) is 5.09. The van der Waals surface area contributed by atoms with Gasteiger partial charge in [0.1, 0.15) is 23.8 Å². The molecule has 6 nitrogen and oxygen atoms in total. The summed E-state index contributed by atoms with van der Waals surface area (Å²) in [6.45, 7) is 5.99. The van der Waals surface area contributed by atoms with Crippen LogP contribution in [0.5, 0.6) is 0 Å². The van der Waals surface area contributed by atoms with Crippen LogP contribution in [0.15, 0.2) is 36.9 Å². The van der Waals surface area contributed by atoms with Crippen LogP contribution in [0.3, 0.4) is 0 Å². The molecule has 1 aliphatic rings. The average Bonchev–Trinajstić information content (AvgIpc) is 3.32. The monoisotopic (exact) mass is 439 g/mol. The second-order valence-corrected chi connectivity index (χ2v) is 8.59. The number of hydrogen-bond acceptors (Lipinski definition) is 5. The van der Waals surface area contributed by atoms with Crippen molar-refractivity contribution in [2.24, 2.45) is 0 Å². The van der Waals surface area contributed by atoms with Crippen molar-refractivity contribution in [2.75, 3.05) is 6.54 Å². The summed E-state index contributed by atoms with van der Waals surface area (Å²) in [6.07, 6.45) is 5.19. The average molecular weight is 440 g/mol. The Morgan fingerprint density at radius 2 is 2.17 bits per heavy atom. The Morgan fingerprint density at radius 1 is 1.41 bits per heavy atom. The number of ether oxygens (including phenoxy) is 2. The summed E-state index contributed by atoms with van der Waals surface area (Å²) in [5.74, 6) is -0.526. The molecule has 3 rings (SSSR count). The van der Waals surface area contributed by atoms with Crippen LogP contribution in [0.2, 0.25) is 5.02 Å². The summed E-state index contributed by atoms with van der Waals surface area (Å²) in [4.78, 5) is 18.4. The summed E-state index contributed by atoms with van der Waals surface area (Å²) >= 11 is 11.4. The highest BCUT2D eigenvalue weighted by Crippen LogP contribution is 2.35. The summed E-state index contributed by atoms with van der Waals surface area (Å²) < 4.78 is 26.9. The lowest BCUT2D eigenvalue weighted by molar-refractivity contribution is 0.00708. The Kier molecular flexibility index (Phi) is 6.43. The van der Waals surface area contributed by atoms with Crippen molar-refractivity contribution in [3.8, 4) is 0 Å². The van der Waals surface area contributed by atoms with Crippen molar-refractivity contribution < 1.29 is 18.7 Å². The zero-order valence-corrected chi connectivity index (χ0v) is 18.0. The van der Waals surface area contributed by atoms with Gasteiger partial charge in [-0.3, -0.25) is 4.57 Å². The van der Waals surface area contributed by atoms with Gasteiger partial charge in [0, 0.05) is 18.9 Å². The number of carbonyl (C=O) groups excluding carboxylic acids is 1. The Morgan fingerprint density at radius 3 is 2.79 bits per heavy atom. The van der Waals surface area contributed by atoms with Crippen molar-refractivity contribution >= 4 is 35.1 Å². The number of imidazole rings is 1. The quantitative estimate of drug-likeness (QED) is 0.632. The molecule has 0 radical (unpaired) electrons. The van der Waals surface area contributed by atoms with Crippen LogP contribution >= 0.6 is 23.8 Å². The molecule has 0 spiro atoms. The molecule has 2 atom stereocenters. The maximum Gasteiger partial charge on any atom is 0.410 e. The number of carbonyl (C=O) groups is 1. The predicted octanol–water partition coefficient (Wildman–Crippen LogP) is 4.97. The van der Waals surface area contributed by atoms with E-state index in [9.17, 15) is 9.18 Å². The van der Waals surface area contributed by atoms with E-state index in [1.165, 1.54) is 18.5 Å². The first-order valence-corrected chi connectivity index (χ1v) is 10.1. The lowest BCUT2D eigenvalue weighted by Gasteiger charge is -2.33. The number of likely N-dealkylation sites (tertiary alicyclic amines) is 1. The van der Waals surface area contributed by atoms with Crippen LogP contribution < -0.4 is 0 Å². The van der Waals surface area contributed by atoms with E-state index in [4.69, 9.17) is 33.3 Å². The second-order valence-electron chi connectivity index (χ2n) is 7.83. The highest BCUT2D eigenvalue weighted by molar-refractivity contribution is 7.80. The van der Waals surface area contributed by atoms with Gasteiger partial charge >= 0.3 is 6.09 Å². The lowest BCUT2D eigenvalue weighted by Crippen LogP contribution is -2.43. The van der Waals surface area contributed by atoms with Gasteiger partial charge in [-0.25, -0.2) is 14.2 Å². The highest BCUT2D eigenvalue weighted by atomic mass is 35.5. The van der Waals surface area contributed by atoms with E-state index >= 15 is 0 Å². The third kappa shape index (κ3) is 5.25. The molecule has 2 aromatic rings. The minimum Gasteiger partial charge on any atom is -0.460 e. The van der Waals surface area contributed by atoms with Crippen LogP contribution in [0.4, 0.5) is 9.18 Å². The molecule has 0 N–H and O–H groups in total. The van der Waals surface area contributed by atoms with Gasteiger partial charge < -0.3 is 14.4 Å². The number of aromatic nitrogens is 2. The minimum atomic E-state index is -0.641.